The maximum Gasteiger partial charge on any atom is 0.157 e. The van der Waals surface area contributed by atoms with Crippen molar-refractivity contribution < 1.29 is 9.73 Å². The Labute approximate surface area is 54.9 Å². The quantitative estimate of drug-likeness (QED) is 0.622. The number of furan rings is 1. The van der Waals surface area contributed by atoms with Gasteiger partial charge in [0.05, 0.1) is 12.8 Å². The average Bonchev–Trinajstić information content (AvgIpc) is 2.34. The molecule has 0 amide bonds. The molecule has 2 heteroatoms. The highest BCUT2D eigenvalue weighted by Crippen LogP contribution is 1.95. The van der Waals surface area contributed by atoms with Crippen molar-refractivity contribution in [2.45, 2.75) is 13.5 Å². The monoisotopic (exact) mass is 126 g/mol. The Bertz CT molecular complexity index is 146. The van der Waals surface area contributed by atoms with Crippen molar-refractivity contribution in [3.05, 3.63) is 24.2 Å². The van der Waals surface area contributed by atoms with E-state index < -0.39 is 0 Å². The lowest BCUT2D eigenvalue weighted by Gasteiger charge is -1.91. The van der Waals surface area contributed by atoms with Crippen LogP contribution in [0.2, 0.25) is 0 Å². The normalized spacial score (nSPS) is 9.89. The largest absolute Gasteiger partial charge is 0.463 e. The number of quaternary nitrogens is 1. The molecule has 9 heavy (non-hydrogen) atoms. The number of hydrogen-bond donors (Lipinski definition) is 1. The molecule has 1 heterocycles. The van der Waals surface area contributed by atoms with Crippen LogP contribution in [0.25, 0.3) is 0 Å². The van der Waals surface area contributed by atoms with Crippen LogP contribution in [0.5, 0.6) is 0 Å². The SMILES string of the molecule is CC[NH2+]Cc1ccco1. The van der Waals surface area contributed by atoms with Crippen molar-refractivity contribution >= 4 is 0 Å². The van der Waals surface area contributed by atoms with Crippen LogP contribution in [0, 0.1) is 0 Å². The van der Waals surface area contributed by atoms with Gasteiger partial charge in [-0.15, -0.1) is 0 Å². The van der Waals surface area contributed by atoms with Gasteiger partial charge in [0, 0.05) is 0 Å². The molecule has 0 unspecified atom stereocenters. The van der Waals surface area contributed by atoms with E-state index in [1.54, 1.807) is 6.26 Å². The molecular formula is C7H12NO+. The van der Waals surface area contributed by atoms with Crippen LogP contribution in [0.4, 0.5) is 0 Å². The molecule has 0 saturated carbocycles. The number of hydrogen-bond acceptors (Lipinski definition) is 1. The summed E-state index contributed by atoms with van der Waals surface area (Å²) < 4.78 is 5.10. The van der Waals surface area contributed by atoms with Crippen molar-refractivity contribution in [1.29, 1.82) is 0 Å². The Balaban J connectivity index is 2.30. The third-order valence-electron chi connectivity index (χ3n) is 1.21. The van der Waals surface area contributed by atoms with Gasteiger partial charge in [0.2, 0.25) is 0 Å². The van der Waals surface area contributed by atoms with Crippen LogP contribution < -0.4 is 5.32 Å². The summed E-state index contributed by atoms with van der Waals surface area (Å²) in [4.78, 5) is 0. The van der Waals surface area contributed by atoms with Gasteiger partial charge in [-0.2, -0.15) is 0 Å². The van der Waals surface area contributed by atoms with E-state index in [1.807, 2.05) is 12.1 Å². The zero-order chi connectivity index (χ0) is 6.53. The molecule has 0 saturated heterocycles. The lowest BCUT2D eigenvalue weighted by molar-refractivity contribution is -0.669. The summed E-state index contributed by atoms with van der Waals surface area (Å²) in [5, 5.41) is 2.19. The first-order chi connectivity index (χ1) is 4.43. The standard InChI is InChI=1S/C7H11NO/c1-2-8-6-7-4-3-5-9-7/h3-5,8H,2,6H2,1H3/p+1. The fraction of sp³-hybridized carbons (Fsp3) is 0.429. The molecule has 0 atom stereocenters. The van der Waals surface area contributed by atoms with Crippen molar-refractivity contribution in [3.8, 4) is 0 Å². The first kappa shape index (κ1) is 6.36. The van der Waals surface area contributed by atoms with Gasteiger partial charge in [0.1, 0.15) is 6.54 Å². The van der Waals surface area contributed by atoms with E-state index in [9.17, 15) is 0 Å². The second-order valence-electron chi connectivity index (χ2n) is 1.98. The molecular weight excluding hydrogens is 114 g/mol. The summed E-state index contributed by atoms with van der Waals surface area (Å²) in [5.74, 6) is 1.05. The summed E-state index contributed by atoms with van der Waals surface area (Å²) in [7, 11) is 0. The van der Waals surface area contributed by atoms with Crippen molar-refractivity contribution in [3.63, 3.8) is 0 Å². The molecule has 0 aliphatic rings. The summed E-state index contributed by atoms with van der Waals surface area (Å²) in [6.07, 6.45) is 1.71. The van der Waals surface area contributed by atoms with Crippen LogP contribution in [-0.4, -0.2) is 6.54 Å². The second-order valence-corrected chi connectivity index (χ2v) is 1.98. The topological polar surface area (TPSA) is 29.8 Å². The minimum absolute atomic E-state index is 0.962. The second kappa shape index (κ2) is 3.30. The average molecular weight is 126 g/mol. The molecule has 0 bridgehead atoms. The van der Waals surface area contributed by atoms with Crippen molar-refractivity contribution in [2.24, 2.45) is 0 Å². The van der Waals surface area contributed by atoms with Crippen LogP contribution in [-0.2, 0) is 6.54 Å². The molecule has 0 aliphatic heterocycles. The lowest BCUT2D eigenvalue weighted by Crippen LogP contribution is -2.81. The van der Waals surface area contributed by atoms with E-state index in [0.717, 1.165) is 18.8 Å². The molecule has 2 N–H and O–H groups in total. The fourth-order valence-corrected chi connectivity index (χ4v) is 0.715. The van der Waals surface area contributed by atoms with Gasteiger partial charge in [-0.05, 0) is 19.1 Å². The molecule has 2 nitrogen and oxygen atoms in total. The first-order valence-corrected chi connectivity index (χ1v) is 3.27. The highest BCUT2D eigenvalue weighted by molar-refractivity contribution is 4.95. The molecule has 1 aromatic rings. The Morgan fingerprint density at radius 3 is 3.11 bits per heavy atom. The first-order valence-electron chi connectivity index (χ1n) is 3.27. The predicted octanol–water partition coefficient (Wildman–Crippen LogP) is 0.363. The van der Waals surface area contributed by atoms with Gasteiger partial charge >= 0.3 is 0 Å². The summed E-state index contributed by atoms with van der Waals surface area (Å²) in [6.45, 7) is 4.20. The van der Waals surface area contributed by atoms with Gasteiger partial charge in [0.15, 0.2) is 5.76 Å². The number of nitrogens with two attached hydrogens (primary N) is 1. The highest BCUT2D eigenvalue weighted by atomic mass is 16.3. The fourth-order valence-electron chi connectivity index (χ4n) is 0.715. The molecule has 0 aromatic carbocycles. The highest BCUT2D eigenvalue weighted by Gasteiger charge is 1.93. The minimum Gasteiger partial charge on any atom is -0.463 e. The summed E-state index contributed by atoms with van der Waals surface area (Å²) >= 11 is 0. The van der Waals surface area contributed by atoms with Crippen LogP contribution in [0.3, 0.4) is 0 Å². The zero-order valence-electron chi connectivity index (χ0n) is 5.63. The maximum atomic E-state index is 5.10. The molecule has 50 valence electrons. The molecule has 0 spiro atoms. The van der Waals surface area contributed by atoms with E-state index in [4.69, 9.17) is 4.42 Å². The Hall–Kier alpha value is -0.760. The van der Waals surface area contributed by atoms with Gasteiger partial charge in [-0.3, -0.25) is 0 Å². The third kappa shape index (κ3) is 1.90. The van der Waals surface area contributed by atoms with Crippen LogP contribution in [0.1, 0.15) is 12.7 Å². The van der Waals surface area contributed by atoms with Gasteiger partial charge in [-0.25, -0.2) is 0 Å². The van der Waals surface area contributed by atoms with E-state index in [1.165, 1.54) is 0 Å². The third-order valence-corrected chi connectivity index (χ3v) is 1.21. The number of rotatable bonds is 3. The van der Waals surface area contributed by atoms with Gasteiger partial charge < -0.3 is 9.73 Å². The van der Waals surface area contributed by atoms with E-state index in [2.05, 4.69) is 12.2 Å². The minimum atomic E-state index is 0.962. The van der Waals surface area contributed by atoms with Crippen LogP contribution >= 0.6 is 0 Å². The van der Waals surface area contributed by atoms with Gasteiger partial charge in [0.25, 0.3) is 0 Å². The predicted molar refractivity (Wildman–Crippen MR) is 34.9 cm³/mol. The Kier molecular flexibility index (Phi) is 2.33. The molecule has 0 aliphatic carbocycles. The Morgan fingerprint density at radius 1 is 1.67 bits per heavy atom. The smallest absolute Gasteiger partial charge is 0.157 e. The van der Waals surface area contributed by atoms with E-state index >= 15 is 0 Å². The summed E-state index contributed by atoms with van der Waals surface area (Å²) in [5.41, 5.74) is 0. The van der Waals surface area contributed by atoms with Crippen molar-refractivity contribution in [1.82, 2.24) is 0 Å². The van der Waals surface area contributed by atoms with Crippen LogP contribution in [0.15, 0.2) is 22.8 Å². The summed E-state index contributed by atoms with van der Waals surface area (Å²) in [6, 6.07) is 3.91. The lowest BCUT2D eigenvalue weighted by atomic mass is 10.4. The van der Waals surface area contributed by atoms with E-state index in [-0.39, 0.29) is 0 Å². The Morgan fingerprint density at radius 2 is 2.56 bits per heavy atom. The molecule has 1 aromatic heterocycles. The molecule has 0 fully saturated rings. The maximum absolute atomic E-state index is 5.10. The molecule has 1 rings (SSSR count). The van der Waals surface area contributed by atoms with E-state index in [0.29, 0.717) is 0 Å². The zero-order valence-corrected chi connectivity index (χ0v) is 5.63. The van der Waals surface area contributed by atoms with Gasteiger partial charge in [-0.1, -0.05) is 0 Å². The van der Waals surface area contributed by atoms with Crippen molar-refractivity contribution in [2.75, 3.05) is 6.54 Å². The molecule has 0 radical (unpaired) electrons.